The molecule has 5 nitrogen and oxygen atoms in total. The van der Waals surface area contributed by atoms with Gasteiger partial charge in [0.25, 0.3) is 0 Å². The molecule has 7 heteroatoms. The van der Waals surface area contributed by atoms with E-state index in [-0.39, 0.29) is 12.1 Å². The van der Waals surface area contributed by atoms with Crippen LogP contribution < -0.4 is 9.62 Å². The molecular formula is C19H23FN2O3S. The minimum atomic E-state index is -3.75. The van der Waals surface area contributed by atoms with Crippen LogP contribution in [0.4, 0.5) is 15.8 Å². The van der Waals surface area contributed by atoms with Gasteiger partial charge in [-0.1, -0.05) is 19.1 Å². The van der Waals surface area contributed by atoms with Gasteiger partial charge in [-0.2, -0.15) is 0 Å². The van der Waals surface area contributed by atoms with Gasteiger partial charge in [0.15, 0.2) is 0 Å². The number of nitrogens with one attached hydrogen (secondary N) is 1. The van der Waals surface area contributed by atoms with Crippen molar-refractivity contribution in [3.63, 3.8) is 0 Å². The molecule has 0 bridgehead atoms. The first-order valence-corrected chi connectivity index (χ1v) is 10.1. The van der Waals surface area contributed by atoms with E-state index in [2.05, 4.69) is 5.32 Å². The fraction of sp³-hybridized carbons (Fsp3) is 0.316. The molecule has 140 valence electrons. The molecule has 2 aromatic rings. The van der Waals surface area contributed by atoms with Gasteiger partial charge in [0.05, 0.1) is 11.9 Å². The van der Waals surface area contributed by atoms with Crippen LogP contribution in [0.2, 0.25) is 0 Å². The summed E-state index contributed by atoms with van der Waals surface area (Å²) in [6, 6.07) is 9.75. The fourth-order valence-corrected chi connectivity index (χ4v) is 3.95. The Morgan fingerprint density at radius 2 is 1.77 bits per heavy atom. The van der Waals surface area contributed by atoms with Crippen LogP contribution in [0.25, 0.3) is 0 Å². The van der Waals surface area contributed by atoms with Gasteiger partial charge in [-0.25, -0.2) is 12.8 Å². The van der Waals surface area contributed by atoms with Crippen molar-refractivity contribution in [2.24, 2.45) is 0 Å². The van der Waals surface area contributed by atoms with Crippen molar-refractivity contribution < 1.29 is 17.6 Å². The number of carbonyl (C=O) groups is 1. The molecule has 2 aromatic carbocycles. The Kier molecular flexibility index (Phi) is 6.02. The Bertz CT molecular complexity index is 896. The lowest BCUT2D eigenvalue weighted by atomic mass is 10.1. The Balaban J connectivity index is 2.39. The predicted molar refractivity (Wildman–Crippen MR) is 102 cm³/mol. The topological polar surface area (TPSA) is 66.5 Å². The summed E-state index contributed by atoms with van der Waals surface area (Å²) in [4.78, 5) is 12.8. The maximum Gasteiger partial charge on any atom is 0.248 e. The average molecular weight is 378 g/mol. The average Bonchev–Trinajstić information content (AvgIpc) is 2.56. The van der Waals surface area contributed by atoms with Crippen LogP contribution in [0.1, 0.15) is 24.5 Å². The Hall–Kier alpha value is -2.41. The van der Waals surface area contributed by atoms with E-state index in [9.17, 15) is 17.6 Å². The third-order valence-electron chi connectivity index (χ3n) is 4.06. The minimum absolute atomic E-state index is 0.247. The number of halogens is 1. The molecule has 0 aliphatic rings. The molecule has 0 radical (unpaired) electrons. The molecule has 0 saturated heterocycles. The first kappa shape index (κ1) is 19.9. The van der Waals surface area contributed by atoms with Crippen molar-refractivity contribution in [3.8, 4) is 0 Å². The normalized spacial score (nSPS) is 12.5. The second-order valence-electron chi connectivity index (χ2n) is 6.27. The molecule has 2 rings (SSSR count). The number of carbonyl (C=O) groups excluding carboxylic acids is 1. The lowest BCUT2D eigenvalue weighted by Crippen LogP contribution is -2.47. The molecule has 1 amide bonds. The van der Waals surface area contributed by atoms with Gasteiger partial charge in [0, 0.05) is 5.69 Å². The summed E-state index contributed by atoms with van der Waals surface area (Å²) < 4.78 is 38.9. The monoisotopic (exact) mass is 378 g/mol. The van der Waals surface area contributed by atoms with E-state index in [1.54, 1.807) is 6.92 Å². The van der Waals surface area contributed by atoms with E-state index in [4.69, 9.17) is 0 Å². The highest BCUT2D eigenvalue weighted by atomic mass is 32.2. The lowest BCUT2D eigenvalue weighted by molar-refractivity contribution is -0.117. The summed E-state index contributed by atoms with van der Waals surface area (Å²) in [6.07, 6.45) is 1.30. The number of anilines is 2. The molecule has 26 heavy (non-hydrogen) atoms. The van der Waals surface area contributed by atoms with Gasteiger partial charge in [0.2, 0.25) is 15.9 Å². The van der Waals surface area contributed by atoms with Gasteiger partial charge in [0.1, 0.15) is 11.9 Å². The van der Waals surface area contributed by atoms with Gasteiger partial charge in [-0.3, -0.25) is 9.10 Å². The number of benzene rings is 2. The molecule has 0 aliphatic heterocycles. The lowest BCUT2D eigenvalue weighted by Gasteiger charge is -2.30. The van der Waals surface area contributed by atoms with E-state index in [0.29, 0.717) is 5.69 Å². The Morgan fingerprint density at radius 1 is 1.15 bits per heavy atom. The molecule has 0 aliphatic carbocycles. The number of rotatable bonds is 6. The first-order chi connectivity index (χ1) is 12.1. The fourth-order valence-electron chi connectivity index (χ4n) is 2.73. The minimum Gasteiger partial charge on any atom is -0.324 e. The summed E-state index contributed by atoms with van der Waals surface area (Å²) in [5.41, 5.74) is 2.75. The first-order valence-electron chi connectivity index (χ1n) is 8.26. The van der Waals surface area contributed by atoms with Crippen molar-refractivity contribution in [1.82, 2.24) is 0 Å². The molecule has 1 atom stereocenters. The molecule has 0 aromatic heterocycles. The van der Waals surface area contributed by atoms with Crippen molar-refractivity contribution in [2.75, 3.05) is 15.9 Å². The van der Waals surface area contributed by atoms with Crippen LogP contribution in [0.15, 0.2) is 42.5 Å². The molecule has 0 saturated carbocycles. The number of nitrogens with zero attached hydrogens (tertiary/aromatic N) is 1. The van der Waals surface area contributed by atoms with Crippen LogP contribution in [0, 0.1) is 19.7 Å². The highest BCUT2D eigenvalue weighted by molar-refractivity contribution is 7.92. The third kappa shape index (κ3) is 4.60. The van der Waals surface area contributed by atoms with Crippen LogP contribution in [0.3, 0.4) is 0 Å². The van der Waals surface area contributed by atoms with Crippen LogP contribution in [-0.4, -0.2) is 26.6 Å². The molecule has 0 fully saturated rings. The zero-order valence-electron chi connectivity index (χ0n) is 15.3. The molecule has 0 spiro atoms. The largest absolute Gasteiger partial charge is 0.324 e. The van der Waals surface area contributed by atoms with E-state index in [1.165, 1.54) is 24.3 Å². The second-order valence-corrected chi connectivity index (χ2v) is 8.13. The number of amides is 1. The van der Waals surface area contributed by atoms with Crippen molar-refractivity contribution in [1.29, 1.82) is 0 Å². The van der Waals surface area contributed by atoms with Gasteiger partial charge in [-0.15, -0.1) is 0 Å². The van der Waals surface area contributed by atoms with Crippen LogP contribution in [-0.2, 0) is 14.8 Å². The Labute approximate surface area is 153 Å². The SMILES string of the molecule is CC[C@H](C(=O)Nc1cc(C)ccc1C)N(c1ccc(F)cc1)S(C)(=O)=O. The summed E-state index contributed by atoms with van der Waals surface area (Å²) in [7, 11) is -3.75. The summed E-state index contributed by atoms with van der Waals surface area (Å²) in [5, 5.41) is 2.82. The zero-order chi connectivity index (χ0) is 19.5. The molecule has 0 heterocycles. The predicted octanol–water partition coefficient (Wildman–Crippen LogP) is 3.63. The zero-order valence-corrected chi connectivity index (χ0v) is 16.1. The van der Waals surface area contributed by atoms with E-state index in [1.807, 2.05) is 32.0 Å². The van der Waals surface area contributed by atoms with Crippen molar-refractivity contribution >= 4 is 27.3 Å². The van der Waals surface area contributed by atoms with Crippen molar-refractivity contribution in [3.05, 3.63) is 59.4 Å². The molecule has 0 unspecified atom stereocenters. The van der Waals surface area contributed by atoms with Gasteiger partial charge < -0.3 is 5.32 Å². The number of hydrogen-bond donors (Lipinski definition) is 1. The van der Waals surface area contributed by atoms with E-state index >= 15 is 0 Å². The number of sulfonamides is 1. The Morgan fingerprint density at radius 3 is 2.31 bits per heavy atom. The highest BCUT2D eigenvalue weighted by Crippen LogP contribution is 2.24. The second kappa shape index (κ2) is 7.86. The maximum atomic E-state index is 13.2. The number of aryl methyl sites for hydroxylation is 2. The quantitative estimate of drug-likeness (QED) is 0.835. The smallest absolute Gasteiger partial charge is 0.248 e. The van der Waals surface area contributed by atoms with Crippen molar-refractivity contribution in [2.45, 2.75) is 33.2 Å². The third-order valence-corrected chi connectivity index (χ3v) is 5.24. The highest BCUT2D eigenvalue weighted by Gasteiger charge is 2.31. The maximum absolute atomic E-state index is 13.2. The van der Waals surface area contributed by atoms with Crippen LogP contribution in [0.5, 0.6) is 0 Å². The van der Waals surface area contributed by atoms with Gasteiger partial charge in [-0.05, 0) is 61.7 Å². The standard InChI is InChI=1S/C19H23FN2O3S/c1-5-18(19(23)21-17-12-13(2)6-7-14(17)3)22(26(4,24)25)16-10-8-15(20)9-11-16/h6-12,18H,5H2,1-4H3,(H,21,23)/t18-/m1/s1. The summed E-state index contributed by atoms with van der Waals surface area (Å²) >= 11 is 0. The van der Waals surface area contributed by atoms with E-state index in [0.717, 1.165) is 21.7 Å². The number of hydrogen-bond acceptors (Lipinski definition) is 3. The van der Waals surface area contributed by atoms with Gasteiger partial charge >= 0.3 is 0 Å². The summed E-state index contributed by atoms with van der Waals surface area (Å²) in [6.45, 7) is 5.51. The molecule has 1 N–H and O–H groups in total. The summed E-state index contributed by atoms with van der Waals surface area (Å²) in [5.74, 6) is -0.911. The van der Waals surface area contributed by atoms with Crippen LogP contribution >= 0.6 is 0 Å². The van der Waals surface area contributed by atoms with E-state index < -0.39 is 27.8 Å². The molecular weight excluding hydrogens is 355 g/mol.